The lowest BCUT2D eigenvalue weighted by atomic mass is 10.1. The van der Waals surface area contributed by atoms with E-state index < -0.39 is 15.9 Å². The number of nitrogens with one attached hydrogen (secondary N) is 1. The summed E-state index contributed by atoms with van der Waals surface area (Å²) in [6.45, 7) is 3.60. The molecule has 0 radical (unpaired) electrons. The van der Waals surface area contributed by atoms with Crippen LogP contribution in [-0.2, 0) is 21.2 Å². The second-order valence-electron chi connectivity index (χ2n) is 8.62. The number of hydrogen-bond acceptors (Lipinski definition) is 4. The fraction of sp³-hybridized carbons (Fsp3) is 0.167. The number of anilines is 1. The topological polar surface area (TPSA) is 75.7 Å². The number of nitrogens with zero attached hydrogens (tertiary/aromatic N) is 1. The lowest BCUT2D eigenvalue weighted by Crippen LogP contribution is -2.41. The van der Waals surface area contributed by atoms with E-state index in [-0.39, 0.29) is 17.5 Å². The highest BCUT2D eigenvalue weighted by atomic mass is 32.2. The van der Waals surface area contributed by atoms with Crippen LogP contribution in [0.3, 0.4) is 0 Å². The molecule has 6 nitrogen and oxygen atoms in total. The Hall–Kier alpha value is -4.10. The molecule has 1 unspecified atom stereocenters. The Morgan fingerprint density at radius 2 is 1.38 bits per heavy atom. The lowest BCUT2D eigenvalue weighted by molar-refractivity contribution is -0.120. The highest BCUT2D eigenvalue weighted by molar-refractivity contribution is 7.92. The molecule has 0 aliphatic carbocycles. The van der Waals surface area contributed by atoms with Gasteiger partial charge in [-0.2, -0.15) is 0 Å². The standard InChI is InChI=1S/C30H30N2O4S/c1-3-24-14-16-25(17-15-24)23(2)31-30(33)22-32(37(34,35)29-12-8-5-9-13-29)26-18-20-28(21-19-26)36-27-10-6-4-7-11-27/h4-21,23H,3,22H2,1-2H3,(H,31,33). The van der Waals surface area contributed by atoms with Crippen molar-refractivity contribution in [3.63, 3.8) is 0 Å². The molecule has 0 aliphatic rings. The van der Waals surface area contributed by atoms with Crippen LogP contribution in [-0.4, -0.2) is 20.9 Å². The smallest absolute Gasteiger partial charge is 0.264 e. The summed E-state index contributed by atoms with van der Waals surface area (Å²) >= 11 is 0. The molecule has 4 rings (SSSR count). The molecule has 4 aromatic carbocycles. The normalized spacial score (nSPS) is 11.9. The number of carbonyl (C=O) groups is 1. The van der Waals surface area contributed by atoms with Crippen LogP contribution in [0.1, 0.15) is 31.0 Å². The zero-order valence-electron chi connectivity index (χ0n) is 20.9. The third-order valence-corrected chi connectivity index (χ3v) is 7.78. The van der Waals surface area contributed by atoms with E-state index in [1.54, 1.807) is 42.5 Å². The summed E-state index contributed by atoms with van der Waals surface area (Å²) in [4.78, 5) is 13.2. The summed E-state index contributed by atoms with van der Waals surface area (Å²) in [5.41, 5.74) is 2.52. The van der Waals surface area contributed by atoms with E-state index in [9.17, 15) is 13.2 Å². The Kier molecular flexibility index (Phi) is 8.25. The van der Waals surface area contributed by atoms with Gasteiger partial charge in [-0.15, -0.1) is 0 Å². The SMILES string of the molecule is CCc1ccc(C(C)NC(=O)CN(c2ccc(Oc3ccccc3)cc2)S(=O)(=O)c2ccccc2)cc1. The Morgan fingerprint density at radius 1 is 0.811 bits per heavy atom. The van der Waals surface area contributed by atoms with Crippen molar-refractivity contribution >= 4 is 21.6 Å². The summed E-state index contributed by atoms with van der Waals surface area (Å²) in [6.07, 6.45) is 0.933. The maximum absolute atomic E-state index is 13.6. The number of rotatable bonds is 10. The number of benzene rings is 4. The van der Waals surface area contributed by atoms with Gasteiger partial charge in [-0.05, 0) is 73.0 Å². The van der Waals surface area contributed by atoms with Crippen LogP contribution in [0.15, 0.2) is 114 Å². The quantitative estimate of drug-likeness (QED) is 0.277. The van der Waals surface area contributed by atoms with Gasteiger partial charge in [0.05, 0.1) is 16.6 Å². The van der Waals surface area contributed by atoms with Crippen LogP contribution >= 0.6 is 0 Å². The van der Waals surface area contributed by atoms with Crippen molar-refractivity contribution in [2.45, 2.75) is 31.2 Å². The molecule has 0 bridgehead atoms. The van der Waals surface area contributed by atoms with Gasteiger partial charge in [-0.3, -0.25) is 9.10 Å². The number of amides is 1. The average molecular weight is 515 g/mol. The second kappa shape index (κ2) is 11.8. The molecule has 0 fully saturated rings. The van der Waals surface area contributed by atoms with Crippen molar-refractivity contribution in [3.05, 3.63) is 120 Å². The molecule has 190 valence electrons. The molecule has 37 heavy (non-hydrogen) atoms. The molecule has 1 N–H and O–H groups in total. The zero-order valence-corrected chi connectivity index (χ0v) is 21.7. The number of carbonyl (C=O) groups excluding carboxylic acids is 1. The van der Waals surface area contributed by atoms with Gasteiger partial charge in [0.1, 0.15) is 18.0 Å². The van der Waals surface area contributed by atoms with Crippen LogP contribution in [0, 0.1) is 0 Å². The van der Waals surface area contributed by atoms with Gasteiger partial charge in [-0.1, -0.05) is 67.6 Å². The average Bonchev–Trinajstić information content (AvgIpc) is 2.93. The van der Waals surface area contributed by atoms with Crippen LogP contribution in [0.5, 0.6) is 11.5 Å². The van der Waals surface area contributed by atoms with E-state index in [0.29, 0.717) is 17.2 Å². The molecular formula is C30H30N2O4S. The van der Waals surface area contributed by atoms with Gasteiger partial charge < -0.3 is 10.1 Å². The van der Waals surface area contributed by atoms with Crippen molar-refractivity contribution in [2.75, 3.05) is 10.8 Å². The second-order valence-corrected chi connectivity index (χ2v) is 10.5. The summed E-state index contributed by atoms with van der Waals surface area (Å²) in [5.74, 6) is 0.821. The maximum Gasteiger partial charge on any atom is 0.264 e. The lowest BCUT2D eigenvalue weighted by Gasteiger charge is -2.25. The number of para-hydroxylation sites is 1. The molecule has 0 aliphatic heterocycles. The van der Waals surface area contributed by atoms with E-state index in [4.69, 9.17) is 4.74 Å². The number of ether oxygens (including phenoxy) is 1. The zero-order chi connectivity index (χ0) is 26.3. The number of aryl methyl sites for hydroxylation is 1. The first-order valence-corrected chi connectivity index (χ1v) is 13.6. The Balaban J connectivity index is 1.56. The molecule has 4 aromatic rings. The third kappa shape index (κ3) is 6.57. The molecule has 0 saturated heterocycles. The van der Waals surface area contributed by atoms with Crippen molar-refractivity contribution in [1.29, 1.82) is 0 Å². The van der Waals surface area contributed by atoms with Crippen molar-refractivity contribution in [1.82, 2.24) is 5.32 Å². The first kappa shape index (κ1) is 26.0. The monoisotopic (exact) mass is 514 g/mol. The molecule has 0 saturated carbocycles. The summed E-state index contributed by atoms with van der Waals surface area (Å²) in [6, 6.07) is 31.8. The predicted octanol–water partition coefficient (Wildman–Crippen LogP) is 6.11. The minimum Gasteiger partial charge on any atom is -0.457 e. The van der Waals surface area contributed by atoms with Crippen LogP contribution in [0.2, 0.25) is 0 Å². The van der Waals surface area contributed by atoms with Crippen LogP contribution < -0.4 is 14.4 Å². The first-order valence-electron chi connectivity index (χ1n) is 12.2. The van der Waals surface area contributed by atoms with Crippen LogP contribution in [0.4, 0.5) is 5.69 Å². The highest BCUT2D eigenvalue weighted by Crippen LogP contribution is 2.28. The molecule has 0 aromatic heterocycles. The largest absolute Gasteiger partial charge is 0.457 e. The fourth-order valence-electron chi connectivity index (χ4n) is 3.88. The predicted molar refractivity (Wildman–Crippen MR) is 146 cm³/mol. The van der Waals surface area contributed by atoms with E-state index in [0.717, 1.165) is 16.3 Å². The van der Waals surface area contributed by atoms with E-state index in [1.807, 2.05) is 61.5 Å². The molecule has 7 heteroatoms. The minimum atomic E-state index is -4.00. The van der Waals surface area contributed by atoms with Gasteiger partial charge >= 0.3 is 0 Å². The number of hydrogen-bond donors (Lipinski definition) is 1. The van der Waals surface area contributed by atoms with Crippen molar-refractivity contribution in [3.8, 4) is 11.5 Å². The first-order chi connectivity index (χ1) is 17.9. The summed E-state index contributed by atoms with van der Waals surface area (Å²) in [5, 5.41) is 2.93. The van der Waals surface area contributed by atoms with Crippen LogP contribution in [0.25, 0.3) is 0 Å². The molecular weight excluding hydrogens is 484 g/mol. The van der Waals surface area contributed by atoms with E-state index in [1.165, 1.54) is 17.7 Å². The minimum absolute atomic E-state index is 0.107. The highest BCUT2D eigenvalue weighted by Gasteiger charge is 2.27. The van der Waals surface area contributed by atoms with Gasteiger partial charge in [0.25, 0.3) is 10.0 Å². The summed E-state index contributed by atoms with van der Waals surface area (Å²) in [7, 11) is -4.00. The molecule has 0 spiro atoms. The Morgan fingerprint density at radius 3 is 1.97 bits per heavy atom. The molecule has 1 atom stereocenters. The van der Waals surface area contributed by atoms with Gasteiger partial charge in [-0.25, -0.2) is 8.42 Å². The van der Waals surface area contributed by atoms with Gasteiger partial charge in [0.2, 0.25) is 5.91 Å². The number of sulfonamides is 1. The van der Waals surface area contributed by atoms with Crippen molar-refractivity contribution in [2.24, 2.45) is 0 Å². The molecule has 1 amide bonds. The van der Waals surface area contributed by atoms with E-state index in [2.05, 4.69) is 12.2 Å². The fourth-order valence-corrected chi connectivity index (χ4v) is 5.32. The third-order valence-electron chi connectivity index (χ3n) is 5.99. The van der Waals surface area contributed by atoms with Gasteiger partial charge in [0, 0.05) is 0 Å². The summed E-state index contributed by atoms with van der Waals surface area (Å²) < 4.78 is 34.1. The molecule has 0 heterocycles. The van der Waals surface area contributed by atoms with E-state index >= 15 is 0 Å². The Labute approximate surface area is 218 Å². The maximum atomic E-state index is 13.6. The Bertz CT molecular complexity index is 1410. The van der Waals surface area contributed by atoms with Crippen molar-refractivity contribution < 1.29 is 17.9 Å². The van der Waals surface area contributed by atoms with Gasteiger partial charge in [0.15, 0.2) is 0 Å².